The van der Waals surface area contributed by atoms with Crippen molar-refractivity contribution < 1.29 is 19.0 Å². The van der Waals surface area contributed by atoms with Gasteiger partial charge in [0, 0.05) is 6.42 Å². The molecule has 31 heavy (non-hydrogen) atoms. The van der Waals surface area contributed by atoms with Gasteiger partial charge in [-0.1, -0.05) is 65.7 Å². The van der Waals surface area contributed by atoms with E-state index in [0.717, 1.165) is 17.1 Å². The summed E-state index contributed by atoms with van der Waals surface area (Å²) < 4.78 is 15.8. The number of esters is 1. The minimum atomic E-state index is -1.20. The predicted octanol–water partition coefficient (Wildman–Crippen LogP) is 6.44. The van der Waals surface area contributed by atoms with Gasteiger partial charge in [0.1, 0.15) is 33.6 Å². The number of alkyl halides is 2. The lowest BCUT2D eigenvalue weighted by Crippen LogP contribution is -2.28. The number of benzene rings is 3. The Labute approximate surface area is 191 Å². The van der Waals surface area contributed by atoms with Crippen LogP contribution < -0.4 is 9.47 Å². The van der Waals surface area contributed by atoms with Crippen molar-refractivity contribution in [2.75, 3.05) is 6.61 Å². The number of rotatable bonds is 8. The Morgan fingerprint density at radius 1 is 0.903 bits per heavy atom. The molecule has 0 aliphatic heterocycles. The molecule has 0 unspecified atom stereocenters. The first-order valence-electron chi connectivity index (χ1n) is 10.0. The van der Waals surface area contributed by atoms with Gasteiger partial charge in [-0.25, -0.2) is 0 Å². The summed E-state index contributed by atoms with van der Waals surface area (Å²) in [7, 11) is 0. The topological polar surface area (TPSA) is 44.8 Å². The van der Waals surface area contributed by atoms with Gasteiger partial charge in [-0.2, -0.15) is 0 Å². The average Bonchev–Trinajstić information content (AvgIpc) is 3.37. The summed E-state index contributed by atoms with van der Waals surface area (Å²) in [4.78, 5) is 13.0. The fourth-order valence-corrected chi connectivity index (χ4v) is 4.31. The maximum atomic E-state index is 13.0. The van der Waals surface area contributed by atoms with Crippen molar-refractivity contribution in [2.24, 2.45) is 0 Å². The van der Waals surface area contributed by atoms with Gasteiger partial charge in [-0.15, -0.1) is 0 Å². The first-order chi connectivity index (χ1) is 14.9. The average molecular weight is 457 g/mol. The number of halogens is 2. The second-order valence-electron chi connectivity index (χ2n) is 7.38. The summed E-state index contributed by atoms with van der Waals surface area (Å²) in [5, 5.41) is 0. The van der Waals surface area contributed by atoms with E-state index in [9.17, 15) is 4.79 Å². The molecular formula is C25H22Cl2O4. The van der Waals surface area contributed by atoms with Crippen LogP contribution in [-0.2, 0) is 21.6 Å². The molecule has 6 heteroatoms. The van der Waals surface area contributed by atoms with Crippen molar-refractivity contribution in [1.82, 2.24) is 0 Å². The zero-order chi connectivity index (χ0) is 21.9. The third-order valence-corrected chi connectivity index (χ3v) is 6.15. The molecule has 4 nitrogen and oxygen atoms in total. The highest BCUT2D eigenvalue weighted by Crippen LogP contribution is 2.65. The largest absolute Gasteiger partial charge is 0.494 e. The van der Waals surface area contributed by atoms with Crippen LogP contribution in [0.2, 0.25) is 0 Å². The lowest BCUT2D eigenvalue weighted by Gasteiger charge is -2.18. The van der Waals surface area contributed by atoms with Crippen molar-refractivity contribution in [3.05, 3.63) is 90.0 Å². The smallest absolute Gasteiger partial charge is 0.320 e. The third kappa shape index (κ3) is 4.51. The van der Waals surface area contributed by atoms with Gasteiger partial charge in [-0.3, -0.25) is 4.79 Å². The lowest BCUT2D eigenvalue weighted by molar-refractivity contribution is -0.148. The maximum Gasteiger partial charge on any atom is 0.320 e. The van der Waals surface area contributed by atoms with Crippen LogP contribution >= 0.6 is 23.2 Å². The number of para-hydroxylation sites is 1. The van der Waals surface area contributed by atoms with Crippen molar-refractivity contribution in [3.63, 3.8) is 0 Å². The minimum absolute atomic E-state index is 0.0907. The highest BCUT2D eigenvalue weighted by molar-refractivity contribution is 6.54. The minimum Gasteiger partial charge on any atom is -0.494 e. The number of ether oxygens (including phenoxy) is 3. The normalized spacial score (nSPS) is 18.8. The van der Waals surface area contributed by atoms with Gasteiger partial charge in [0.2, 0.25) is 0 Å². The summed E-state index contributed by atoms with van der Waals surface area (Å²) in [5.74, 6) is 1.67. The molecule has 0 saturated heterocycles. The van der Waals surface area contributed by atoms with Crippen LogP contribution in [0.3, 0.4) is 0 Å². The maximum absolute atomic E-state index is 13.0. The highest BCUT2D eigenvalue weighted by Gasteiger charge is 2.73. The van der Waals surface area contributed by atoms with E-state index in [1.165, 1.54) is 0 Å². The molecule has 4 rings (SSSR count). The van der Waals surface area contributed by atoms with Gasteiger partial charge < -0.3 is 14.2 Å². The number of carbonyl (C=O) groups excluding carboxylic acids is 1. The van der Waals surface area contributed by atoms with Crippen LogP contribution in [0.25, 0.3) is 0 Å². The van der Waals surface area contributed by atoms with Gasteiger partial charge in [0.15, 0.2) is 0 Å². The molecule has 0 spiro atoms. The van der Waals surface area contributed by atoms with E-state index < -0.39 is 15.7 Å². The summed E-state index contributed by atoms with van der Waals surface area (Å²) in [6.45, 7) is 2.57. The highest BCUT2D eigenvalue weighted by atomic mass is 35.5. The lowest BCUT2D eigenvalue weighted by atomic mass is 9.96. The summed E-state index contributed by atoms with van der Waals surface area (Å²) in [6, 6.07) is 24.1. The summed E-state index contributed by atoms with van der Waals surface area (Å²) >= 11 is 12.8. The van der Waals surface area contributed by atoms with Crippen molar-refractivity contribution in [2.45, 2.75) is 29.7 Å². The van der Waals surface area contributed by atoms with E-state index in [0.29, 0.717) is 24.3 Å². The molecule has 3 aromatic rings. The van der Waals surface area contributed by atoms with Gasteiger partial charge >= 0.3 is 5.97 Å². The second-order valence-corrected chi connectivity index (χ2v) is 8.87. The van der Waals surface area contributed by atoms with Crippen molar-refractivity contribution in [3.8, 4) is 17.2 Å². The summed E-state index contributed by atoms with van der Waals surface area (Å²) in [6.07, 6.45) is 0.299. The molecule has 0 N–H and O–H groups in total. The van der Waals surface area contributed by atoms with Crippen LogP contribution in [-0.4, -0.2) is 16.9 Å². The number of hydrogen-bond acceptors (Lipinski definition) is 4. The molecule has 1 fully saturated rings. The van der Waals surface area contributed by atoms with Gasteiger partial charge in [-0.05, 0) is 54.4 Å². The van der Waals surface area contributed by atoms with E-state index in [2.05, 4.69) is 0 Å². The Morgan fingerprint density at radius 2 is 1.58 bits per heavy atom. The van der Waals surface area contributed by atoms with Crippen LogP contribution in [0.15, 0.2) is 78.9 Å². The Morgan fingerprint density at radius 3 is 2.23 bits per heavy atom. The van der Waals surface area contributed by atoms with E-state index in [1.807, 2.05) is 73.7 Å². The Kier molecular flexibility index (Phi) is 6.12. The van der Waals surface area contributed by atoms with Gasteiger partial charge in [0.05, 0.1) is 6.61 Å². The van der Waals surface area contributed by atoms with Crippen LogP contribution in [0.5, 0.6) is 17.2 Å². The SMILES string of the molecule is CCOc1ccc([C@]2(C(=O)OCc3cccc(Oc4ccccc4)c3)CC2(Cl)Cl)cc1. The number of carbonyl (C=O) groups is 1. The van der Waals surface area contributed by atoms with Crippen LogP contribution in [0.1, 0.15) is 24.5 Å². The molecule has 1 saturated carbocycles. The molecule has 0 radical (unpaired) electrons. The Balaban J connectivity index is 1.45. The number of hydrogen-bond donors (Lipinski definition) is 0. The monoisotopic (exact) mass is 456 g/mol. The molecule has 0 aromatic heterocycles. The Bertz CT molecular complexity index is 1050. The molecule has 1 aliphatic rings. The first kappa shape index (κ1) is 21.5. The summed E-state index contributed by atoms with van der Waals surface area (Å²) in [5.41, 5.74) is 0.435. The zero-order valence-corrected chi connectivity index (χ0v) is 18.5. The van der Waals surface area contributed by atoms with Crippen molar-refractivity contribution >= 4 is 29.2 Å². The van der Waals surface area contributed by atoms with E-state index in [-0.39, 0.29) is 6.61 Å². The second kappa shape index (κ2) is 8.81. The molecule has 0 bridgehead atoms. The molecular weight excluding hydrogens is 435 g/mol. The molecule has 0 heterocycles. The molecule has 3 aromatic carbocycles. The fourth-order valence-electron chi connectivity index (χ4n) is 3.54. The molecule has 1 aliphatic carbocycles. The third-order valence-electron chi connectivity index (χ3n) is 5.24. The van der Waals surface area contributed by atoms with Crippen molar-refractivity contribution in [1.29, 1.82) is 0 Å². The molecule has 160 valence electrons. The molecule has 0 amide bonds. The first-order valence-corrected chi connectivity index (χ1v) is 10.8. The zero-order valence-electron chi connectivity index (χ0n) is 17.0. The molecule has 1 atom stereocenters. The fraction of sp³-hybridized carbons (Fsp3) is 0.240. The van der Waals surface area contributed by atoms with Crippen LogP contribution in [0.4, 0.5) is 0 Å². The van der Waals surface area contributed by atoms with E-state index >= 15 is 0 Å². The van der Waals surface area contributed by atoms with E-state index in [4.69, 9.17) is 37.4 Å². The Hall–Kier alpha value is -2.69. The standard InChI is InChI=1S/C25H22Cl2O4/c1-2-29-20-13-11-19(12-14-20)24(17-25(24,26)27)23(28)30-16-18-7-6-10-22(15-18)31-21-8-4-3-5-9-21/h3-15H,2,16-17H2,1H3/t24-/m0/s1. The predicted molar refractivity (Wildman–Crippen MR) is 121 cm³/mol. The quantitative estimate of drug-likeness (QED) is 0.289. The van der Waals surface area contributed by atoms with Gasteiger partial charge in [0.25, 0.3) is 0 Å². The van der Waals surface area contributed by atoms with Crippen LogP contribution in [0, 0.1) is 0 Å². The van der Waals surface area contributed by atoms with E-state index in [1.54, 1.807) is 12.1 Å².